The van der Waals surface area contributed by atoms with Crippen LogP contribution in [0.2, 0.25) is 0 Å². The van der Waals surface area contributed by atoms with Crippen molar-refractivity contribution in [1.29, 1.82) is 0 Å². The molecular formula is C13H16N2O3. The Kier molecular flexibility index (Phi) is 3.94. The highest BCUT2D eigenvalue weighted by Gasteiger charge is 2.18. The lowest BCUT2D eigenvalue weighted by Gasteiger charge is -2.15. The summed E-state index contributed by atoms with van der Waals surface area (Å²) in [6.45, 7) is 1.39. The SMILES string of the molecule is COC(=O)c1ccc(C2CC(=O)NCCN2)cc1. The van der Waals surface area contributed by atoms with Gasteiger partial charge in [-0.3, -0.25) is 4.79 Å². The summed E-state index contributed by atoms with van der Waals surface area (Å²) >= 11 is 0. The van der Waals surface area contributed by atoms with Crippen LogP contribution in [0.5, 0.6) is 0 Å². The topological polar surface area (TPSA) is 67.4 Å². The predicted molar refractivity (Wildman–Crippen MR) is 66.2 cm³/mol. The first kappa shape index (κ1) is 12.6. The molecule has 1 fully saturated rings. The maximum atomic E-state index is 11.5. The Morgan fingerprint density at radius 2 is 2.00 bits per heavy atom. The summed E-state index contributed by atoms with van der Waals surface area (Å²) in [5.41, 5.74) is 1.51. The van der Waals surface area contributed by atoms with Crippen molar-refractivity contribution in [2.45, 2.75) is 12.5 Å². The minimum atomic E-state index is -0.354. The Bertz CT molecular complexity index is 442. The van der Waals surface area contributed by atoms with Gasteiger partial charge in [0.05, 0.1) is 12.7 Å². The van der Waals surface area contributed by atoms with Crippen LogP contribution in [-0.2, 0) is 9.53 Å². The van der Waals surface area contributed by atoms with Gasteiger partial charge in [-0.05, 0) is 17.7 Å². The lowest BCUT2D eigenvalue weighted by molar-refractivity contribution is -0.121. The van der Waals surface area contributed by atoms with Crippen molar-refractivity contribution in [1.82, 2.24) is 10.6 Å². The Labute approximate surface area is 106 Å². The summed E-state index contributed by atoms with van der Waals surface area (Å²) < 4.78 is 4.64. The Balaban J connectivity index is 2.13. The number of carbonyl (C=O) groups is 2. The van der Waals surface area contributed by atoms with Crippen molar-refractivity contribution in [3.63, 3.8) is 0 Å². The van der Waals surface area contributed by atoms with Crippen LogP contribution in [0, 0.1) is 0 Å². The maximum Gasteiger partial charge on any atom is 0.337 e. The van der Waals surface area contributed by atoms with Crippen LogP contribution in [0.4, 0.5) is 0 Å². The number of carbonyl (C=O) groups excluding carboxylic acids is 2. The van der Waals surface area contributed by atoms with Crippen LogP contribution in [0.3, 0.4) is 0 Å². The van der Waals surface area contributed by atoms with Crippen molar-refractivity contribution in [2.24, 2.45) is 0 Å². The molecule has 1 unspecified atom stereocenters. The van der Waals surface area contributed by atoms with Crippen molar-refractivity contribution >= 4 is 11.9 Å². The van der Waals surface area contributed by atoms with E-state index in [0.717, 1.165) is 12.1 Å². The van der Waals surface area contributed by atoms with Gasteiger partial charge in [-0.2, -0.15) is 0 Å². The normalized spacial score (nSPS) is 19.8. The average Bonchev–Trinajstić information content (AvgIpc) is 2.63. The molecule has 0 aromatic heterocycles. The first-order valence-electron chi connectivity index (χ1n) is 5.89. The summed E-state index contributed by atoms with van der Waals surface area (Å²) in [4.78, 5) is 22.8. The summed E-state index contributed by atoms with van der Waals surface area (Å²) in [6.07, 6.45) is 0.414. The quantitative estimate of drug-likeness (QED) is 0.753. The van der Waals surface area contributed by atoms with Gasteiger partial charge in [-0.15, -0.1) is 0 Å². The van der Waals surface area contributed by atoms with Crippen molar-refractivity contribution < 1.29 is 14.3 Å². The van der Waals surface area contributed by atoms with E-state index in [0.29, 0.717) is 18.5 Å². The monoisotopic (exact) mass is 248 g/mol. The van der Waals surface area contributed by atoms with Gasteiger partial charge in [-0.25, -0.2) is 4.79 Å². The van der Waals surface area contributed by atoms with Crippen molar-refractivity contribution in [2.75, 3.05) is 20.2 Å². The molecule has 1 amide bonds. The minimum Gasteiger partial charge on any atom is -0.465 e. The molecule has 5 heteroatoms. The zero-order valence-electron chi connectivity index (χ0n) is 10.2. The van der Waals surface area contributed by atoms with Crippen LogP contribution in [0.1, 0.15) is 28.4 Å². The zero-order chi connectivity index (χ0) is 13.0. The van der Waals surface area contributed by atoms with E-state index in [1.807, 2.05) is 12.1 Å². The molecule has 0 aliphatic carbocycles. The molecule has 1 saturated heterocycles. The number of benzene rings is 1. The fraction of sp³-hybridized carbons (Fsp3) is 0.385. The molecule has 0 spiro atoms. The Morgan fingerprint density at radius 3 is 2.67 bits per heavy atom. The van der Waals surface area contributed by atoms with E-state index in [2.05, 4.69) is 15.4 Å². The predicted octanol–water partition coefficient (Wildman–Crippen LogP) is 0.624. The van der Waals surface area contributed by atoms with Gasteiger partial charge in [0.25, 0.3) is 0 Å². The first-order valence-corrected chi connectivity index (χ1v) is 5.89. The number of hydrogen-bond acceptors (Lipinski definition) is 4. The summed E-state index contributed by atoms with van der Waals surface area (Å²) in [5, 5.41) is 6.10. The molecule has 1 atom stereocenters. The van der Waals surface area contributed by atoms with Gasteiger partial charge in [0, 0.05) is 25.6 Å². The second-order valence-corrected chi connectivity index (χ2v) is 4.17. The average molecular weight is 248 g/mol. The second-order valence-electron chi connectivity index (χ2n) is 4.17. The van der Waals surface area contributed by atoms with Gasteiger partial charge in [0.15, 0.2) is 0 Å². The third-order valence-electron chi connectivity index (χ3n) is 2.96. The number of methoxy groups -OCH3 is 1. The molecule has 1 heterocycles. The lowest BCUT2D eigenvalue weighted by Crippen LogP contribution is -2.24. The summed E-state index contributed by atoms with van der Waals surface area (Å²) in [6, 6.07) is 7.13. The Hall–Kier alpha value is -1.88. The van der Waals surface area contributed by atoms with E-state index in [1.54, 1.807) is 12.1 Å². The molecule has 1 aromatic rings. The van der Waals surface area contributed by atoms with Gasteiger partial charge in [0.2, 0.25) is 5.91 Å². The van der Waals surface area contributed by atoms with Crippen LogP contribution >= 0.6 is 0 Å². The van der Waals surface area contributed by atoms with E-state index in [1.165, 1.54) is 7.11 Å². The largest absolute Gasteiger partial charge is 0.465 e. The highest BCUT2D eigenvalue weighted by atomic mass is 16.5. The summed E-state index contributed by atoms with van der Waals surface area (Å²) in [5.74, 6) is -0.310. The first-order chi connectivity index (χ1) is 8.70. The fourth-order valence-corrected chi connectivity index (χ4v) is 1.98. The molecule has 0 saturated carbocycles. The number of nitrogens with one attached hydrogen (secondary N) is 2. The number of esters is 1. The molecule has 1 aliphatic rings. The number of ether oxygens (including phenoxy) is 1. The molecule has 0 radical (unpaired) electrons. The van der Waals surface area contributed by atoms with Gasteiger partial charge in [-0.1, -0.05) is 12.1 Å². The minimum absolute atomic E-state index is 0.000744. The molecule has 18 heavy (non-hydrogen) atoms. The number of hydrogen-bond donors (Lipinski definition) is 2. The van der Waals surface area contributed by atoms with Crippen LogP contribution in [0.25, 0.3) is 0 Å². The smallest absolute Gasteiger partial charge is 0.337 e. The van der Waals surface area contributed by atoms with Gasteiger partial charge < -0.3 is 15.4 Å². The van der Waals surface area contributed by atoms with E-state index in [4.69, 9.17) is 0 Å². The van der Waals surface area contributed by atoms with Crippen molar-refractivity contribution in [3.05, 3.63) is 35.4 Å². The molecular weight excluding hydrogens is 232 g/mol. The molecule has 2 N–H and O–H groups in total. The van der Waals surface area contributed by atoms with Crippen LogP contribution in [-0.4, -0.2) is 32.1 Å². The Morgan fingerprint density at radius 1 is 1.28 bits per heavy atom. The molecule has 5 nitrogen and oxygen atoms in total. The molecule has 0 bridgehead atoms. The van der Waals surface area contributed by atoms with E-state index in [-0.39, 0.29) is 17.9 Å². The molecule has 96 valence electrons. The van der Waals surface area contributed by atoms with Crippen LogP contribution < -0.4 is 10.6 Å². The molecule has 2 rings (SSSR count). The zero-order valence-corrected chi connectivity index (χ0v) is 10.2. The molecule has 1 aromatic carbocycles. The number of amides is 1. The maximum absolute atomic E-state index is 11.5. The third kappa shape index (κ3) is 2.87. The van der Waals surface area contributed by atoms with E-state index in [9.17, 15) is 9.59 Å². The summed E-state index contributed by atoms with van der Waals surface area (Å²) in [7, 11) is 1.35. The van der Waals surface area contributed by atoms with Crippen LogP contribution in [0.15, 0.2) is 24.3 Å². The van der Waals surface area contributed by atoms with E-state index < -0.39 is 0 Å². The van der Waals surface area contributed by atoms with Gasteiger partial charge >= 0.3 is 5.97 Å². The van der Waals surface area contributed by atoms with Crippen molar-refractivity contribution in [3.8, 4) is 0 Å². The standard InChI is InChI=1S/C13H16N2O3/c1-18-13(17)10-4-2-9(3-5-10)11-8-12(16)15-7-6-14-11/h2-5,11,14H,6-8H2,1H3,(H,15,16). The number of rotatable bonds is 2. The highest BCUT2D eigenvalue weighted by molar-refractivity contribution is 5.89. The molecule has 1 aliphatic heterocycles. The second kappa shape index (κ2) is 5.64. The van der Waals surface area contributed by atoms with Gasteiger partial charge in [0.1, 0.15) is 0 Å². The highest BCUT2D eigenvalue weighted by Crippen LogP contribution is 2.18. The van der Waals surface area contributed by atoms with E-state index >= 15 is 0 Å². The lowest BCUT2D eigenvalue weighted by atomic mass is 10.0. The third-order valence-corrected chi connectivity index (χ3v) is 2.96. The fourth-order valence-electron chi connectivity index (χ4n) is 1.98.